The Morgan fingerprint density at radius 1 is 1.30 bits per heavy atom. The molecule has 0 atom stereocenters. The van der Waals surface area contributed by atoms with Gasteiger partial charge in [-0.1, -0.05) is 25.5 Å². The smallest absolute Gasteiger partial charge is 0.267 e. The summed E-state index contributed by atoms with van der Waals surface area (Å²) in [4.78, 5) is 12.5. The molecule has 0 fully saturated rings. The molecule has 120 valence electrons. The third-order valence-corrected chi connectivity index (χ3v) is 4.65. The van der Waals surface area contributed by atoms with Crippen LogP contribution in [0.5, 0.6) is 0 Å². The summed E-state index contributed by atoms with van der Waals surface area (Å²) in [7, 11) is 0. The minimum absolute atomic E-state index is 0.0711. The zero-order chi connectivity index (χ0) is 16.2. The summed E-state index contributed by atoms with van der Waals surface area (Å²) >= 11 is 1.61. The van der Waals surface area contributed by atoms with Crippen LogP contribution in [0.1, 0.15) is 35.8 Å². The van der Waals surface area contributed by atoms with Gasteiger partial charge >= 0.3 is 0 Å². The van der Waals surface area contributed by atoms with Crippen LogP contribution in [0.15, 0.2) is 41.8 Å². The number of thiophene rings is 1. The molecule has 0 aliphatic heterocycles. The molecule has 1 N–H and O–H groups in total. The maximum Gasteiger partial charge on any atom is 0.267 e. The number of aromatic nitrogens is 1. The van der Waals surface area contributed by atoms with Crippen LogP contribution in [0, 0.1) is 5.82 Å². The van der Waals surface area contributed by atoms with Crippen LogP contribution in [0.3, 0.4) is 0 Å². The van der Waals surface area contributed by atoms with Crippen LogP contribution in [0.4, 0.5) is 4.39 Å². The fourth-order valence-electron chi connectivity index (χ4n) is 2.62. The molecule has 5 heteroatoms. The Bertz CT molecular complexity index is 821. The van der Waals surface area contributed by atoms with Crippen molar-refractivity contribution in [3.8, 4) is 0 Å². The Balaban J connectivity index is 1.92. The summed E-state index contributed by atoms with van der Waals surface area (Å²) < 4.78 is 16.5. The first-order chi connectivity index (χ1) is 11.2. The number of benzene rings is 1. The molecule has 0 aliphatic rings. The van der Waals surface area contributed by atoms with E-state index >= 15 is 0 Å². The number of rotatable bonds is 6. The van der Waals surface area contributed by atoms with Crippen LogP contribution in [-0.4, -0.2) is 17.0 Å². The molecule has 2 aromatic heterocycles. The number of unbranched alkanes of at least 4 members (excludes halogenated alkanes) is 1. The van der Waals surface area contributed by atoms with Crippen LogP contribution >= 0.6 is 11.3 Å². The number of nitrogens with one attached hydrogen (secondary N) is 1. The van der Waals surface area contributed by atoms with Crippen molar-refractivity contribution in [1.29, 1.82) is 0 Å². The van der Waals surface area contributed by atoms with Crippen molar-refractivity contribution in [2.24, 2.45) is 0 Å². The van der Waals surface area contributed by atoms with Crippen LogP contribution in [0.2, 0.25) is 0 Å². The average Bonchev–Trinajstić information content (AvgIpc) is 3.10. The first-order valence-electron chi connectivity index (χ1n) is 7.78. The minimum atomic E-state index is -0.259. The Labute approximate surface area is 138 Å². The molecule has 1 amide bonds. The van der Waals surface area contributed by atoms with Crippen molar-refractivity contribution in [2.75, 3.05) is 6.54 Å². The maximum absolute atomic E-state index is 13.4. The number of carbonyl (C=O) groups excluding carboxylic acids is 1. The highest BCUT2D eigenvalue weighted by molar-refractivity contribution is 7.17. The molecule has 0 saturated carbocycles. The van der Waals surface area contributed by atoms with Crippen molar-refractivity contribution < 1.29 is 9.18 Å². The molecule has 0 unspecified atom stereocenters. The lowest BCUT2D eigenvalue weighted by molar-refractivity contribution is 0.0945. The molecule has 0 bridgehead atoms. The van der Waals surface area contributed by atoms with Gasteiger partial charge in [0.05, 0.1) is 10.2 Å². The van der Waals surface area contributed by atoms with Gasteiger partial charge < -0.3 is 9.88 Å². The fraction of sp³-hybridized carbons (Fsp3) is 0.278. The molecule has 0 saturated heterocycles. The fourth-order valence-corrected chi connectivity index (χ4v) is 3.44. The maximum atomic E-state index is 13.4. The second kappa shape index (κ2) is 6.96. The lowest BCUT2D eigenvalue weighted by atomic mass is 10.2. The average molecular weight is 330 g/mol. The Morgan fingerprint density at radius 3 is 2.96 bits per heavy atom. The zero-order valence-electron chi connectivity index (χ0n) is 13.0. The molecule has 0 aliphatic carbocycles. The molecule has 3 aromatic rings. The van der Waals surface area contributed by atoms with E-state index in [4.69, 9.17) is 0 Å². The quantitative estimate of drug-likeness (QED) is 0.667. The molecular weight excluding hydrogens is 311 g/mol. The van der Waals surface area contributed by atoms with Crippen molar-refractivity contribution in [1.82, 2.24) is 9.88 Å². The molecule has 0 radical (unpaired) electrons. The summed E-state index contributed by atoms with van der Waals surface area (Å²) in [5, 5.41) is 4.96. The highest BCUT2D eigenvalue weighted by Gasteiger charge is 2.16. The molecule has 1 aromatic carbocycles. The summed E-state index contributed by atoms with van der Waals surface area (Å²) in [6.45, 7) is 3.25. The largest absolute Gasteiger partial charge is 0.351 e. The monoisotopic (exact) mass is 330 g/mol. The number of fused-ring (bicyclic) bond motifs is 1. The van der Waals surface area contributed by atoms with Crippen molar-refractivity contribution in [3.63, 3.8) is 0 Å². The van der Waals surface area contributed by atoms with E-state index in [1.54, 1.807) is 17.4 Å². The zero-order valence-corrected chi connectivity index (χ0v) is 13.8. The van der Waals surface area contributed by atoms with Gasteiger partial charge in [0.2, 0.25) is 0 Å². The van der Waals surface area contributed by atoms with Gasteiger partial charge in [0.1, 0.15) is 11.5 Å². The third kappa shape index (κ3) is 3.45. The number of hydrogen-bond donors (Lipinski definition) is 1. The summed E-state index contributed by atoms with van der Waals surface area (Å²) in [6.07, 6.45) is 2.00. The molecule has 3 rings (SSSR count). The number of carbonyl (C=O) groups is 1. The lowest BCUT2D eigenvalue weighted by Crippen LogP contribution is -2.27. The van der Waals surface area contributed by atoms with E-state index in [0.29, 0.717) is 18.8 Å². The standard InChI is InChI=1S/C18H19FN2OS/c1-2-3-8-20-18(22)16-11-17-15(7-9-23-17)21(16)12-13-5-4-6-14(19)10-13/h4-7,9-11H,2-3,8,12H2,1H3,(H,20,22). The predicted octanol–water partition coefficient (Wildman–Crippen LogP) is 4.42. The Hall–Kier alpha value is -2.14. The van der Waals surface area contributed by atoms with Crippen LogP contribution in [-0.2, 0) is 6.54 Å². The van der Waals surface area contributed by atoms with E-state index in [-0.39, 0.29) is 11.7 Å². The van der Waals surface area contributed by atoms with E-state index in [1.165, 1.54) is 12.1 Å². The summed E-state index contributed by atoms with van der Waals surface area (Å²) in [5.41, 5.74) is 2.49. The van der Waals surface area contributed by atoms with Gasteiger partial charge in [0, 0.05) is 13.1 Å². The van der Waals surface area contributed by atoms with Gasteiger partial charge in [-0.3, -0.25) is 4.79 Å². The number of amides is 1. The first-order valence-corrected chi connectivity index (χ1v) is 8.66. The summed E-state index contributed by atoms with van der Waals surface area (Å²) in [5.74, 6) is -0.330. The van der Waals surface area contributed by atoms with Gasteiger partial charge in [-0.15, -0.1) is 11.3 Å². The minimum Gasteiger partial charge on any atom is -0.351 e. The Morgan fingerprint density at radius 2 is 2.17 bits per heavy atom. The molecule has 23 heavy (non-hydrogen) atoms. The van der Waals surface area contributed by atoms with E-state index in [1.807, 2.05) is 28.1 Å². The van der Waals surface area contributed by atoms with E-state index in [2.05, 4.69) is 12.2 Å². The van der Waals surface area contributed by atoms with E-state index < -0.39 is 0 Å². The Kier molecular flexibility index (Phi) is 4.76. The second-order valence-corrected chi connectivity index (χ2v) is 6.47. The van der Waals surface area contributed by atoms with Crippen molar-refractivity contribution >= 4 is 27.5 Å². The van der Waals surface area contributed by atoms with Crippen LogP contribution in [0.25, 0.3) is 10.2 Å². The van der Waals surface area contributed by atoms with Gasteiger partial charge in [-0.25, -0.2) is 4.39 Å². The molecule has 2 heterocycles. The normalized spacial score (nSPS) is 11.0. The number of halogens is 1. The van der Waals surface area contributed by atoms with Crippen molar-refractivity contribution in [3.05, 3.63) is 58.9 Å². The molecule has 0 spiro atoms. The van der Waals surface area contributed by atoms with Gasteiger partial charge in [-0.2, -0.15) is 0 Å². The summed E-state index contributed by atoms with van der Waals surface area (Å²) in [6, 6.07) is 10.4. The van der Waals surface area contributed by atoms with Gasteiger partial charge in [0.15, 0.2) is 0 Å². The van der Waals surface area contributed by atoms with Crippen LogP contribution < -0.4 is 5.32 Å². The lowest BCUT2D eigenvalue weighted by Gasteiger charge is -2.11. The van der Waals surface area contributed by atoms with Gasteiger partial charge in [0.25, 0.3) is 5.91 Å². The highest BCUT2D eigenvalue weighted by atomic mass is 32.1. The third-order valence-electron chi connectivity index (χ3n) is 3.80. The predicted molar refractivity (Wildman–Crippen MR) is 92.6 cm³/mol. The van der Waals surface area contributed by atoms with Gasteiger partial charge in [-0.05, 0) is 41.6 Å². The van der Waals surface area contributed by atoms with E-state index in [9.17, 15) is 9.18 Å². The molecule has 3 nitrogen and oxygen atoms in total. The molecular formula is C18H19FN2OS. The SMILES string of the molecule is CCCCNC(=O)c1cc2sccc2n1Cc1cccc(F)c1. The number of hydrogen-bond acceptors (Lipinski definition) is 2. The second-order valence-electron chi connectivity index (χ2n) is 5.53. The topological polar surface area (TPSA) is 34.0 Å². The number of nitrogens with zero attached hydrogens (tertiary/aromatic N) is 1. The first kappa shape index (κ1) is 15.7. The highest BCUT2D eigenvalue weighted by Crippen LogP contribution is 2.26. The van der Waals surface area contributed by atoms with E-state index in [0.717, 1.165) is 28.6 Å². The van der Waals surface area contributed by atoms with Crippen molar-refractivity contribution in [2.45, 2.75) is 26.3 Å².